The van der Waals surface area contributed by atoms with Gasteiger partial charge >= 0.3 is 24.1 Å². The molecule has 1 saturated heterocycles. The molecule has 99 heavy (non-hydrogen) atoms. The summed E-state index contributed by atoms with van der Waals surface area (Å²) in [5, 5.41) is 12.6. The third-order valence-electron chi connectivity index (χ3n) is 14.0. The van der Waals surface area contributed by atoms with Crippen molar-refractivity contribution in [1.29, 1.82) is 5.26 Å². The number of carbonyl (C=O) groups excluding carboxylic acids is 4. The van der Waals surface area contributed by atoms with E-state index in [1.54, 1.807) is 24.3 Å². The number of sulfonamides is 1. The molecule has 1 aliphatic heterocycles. The highest BCUT2D eigenvalue weighted by Gasteiger charge is 2.35. The van der Waals surface area contributed by atoms with Crippen molar-refractivity contribution >= 4 is 51.1 Å². The number of carbonyl (C=O) groups is 4. The number of aromatic nitrogens is 1. The molecule has 27 nitrogen and oxygen atoms in total. The van der Waals surface area contributed by atoms with Crippen LogP contribution in [0.2, 0.25) is 5.02 Å². The summed E-state index contributed by atoms with van der Waals surface area (Å²) in [5.74, 6) is -1.29. The molecule has 4 rings (SSSR count). The van der Waals surface area contributed by atoms with E-state index in [2.05, 4.69) is 10.3 Å². The number of alkyl halides is 3. The summed E-state index contributed by atoms with van der Waals surface area (Å²) in [6.45, 7) is 24.8. The fraction of sp³-hybridized carbons (Fsp3) is 0.672. The number of hydrogen-bond donors (Lipinski definition) is 1. The van der Waals surface area contributed by atoms with Gasteiger partial charge in [-0.05, 0) is 86.6 Å². The predicted molar refractivity (Wildman–Crippen MR) is 361 cm³/mol. The van der Waals surface area contributed by atoms with Crippen LogP contribution in [0.4, 0.5) is 18.9 Å². The Morgan fingerprint density at radius 2 is 0.929 bits per heavy atom. The van der Waals surface area contributed by atoms with Crippen LogP contribution < -0.4 is 19.1 Å². The molecular weight excluding hydrogens is 1350 g/mol. The number of rotatable bonds is 41. The van der Waals surface area contributed by atoms with Crippen molar-refractivity contribution in [3.05, 3.63) is 64.9 Å². The molecule has 558 valence electrons. The Morgan fingerprint density at radius 3 is 1.30 bits per heavy atom. The second-order valence-corrected chi connectivity index (χ2v) is 28.0. The van der Waals surface area contributed by atoms with E-state index < -0.39 is 49.2 Å². The Kier molecular flexibility index (Phi) is 37.6. The Labute approximate surface area is 585 Å². The van der Waals surface area contributed by atoms with Gasteiger partial charge < -0.3 is 66.9 Å². The van der Waals surface area contributed by atoms with Gasteiger partial charge in [0.2, 0.25) is 5.91 Å². The largest absolute Gasteiger partial charge is 0.495 e. The molecular formula is C67H102ClF3N8O19S. The topological polar surface area (TPSA) is 287 Å². The third kappa shape index (κ3) is 34.9. The highest BCUT2D eigenvalue weighted by atomic mass is 35.5. The third-order valence-corrected chi connectivity index (χ3v) is 16.1. The number of anilines is 1. The number of hydrogen-bond acceptors (Lipinski definition) is 25. The van der Waals surface area contributed by atoms with Gasteiger partial charge in [0, 0.05) is 89.3 Å². The molecule has 1 aromatic heterocycles. The highest BCUT2D eigenvalue weighted by Crippen LogP contribution is 2.41. The van der Waals surface area contributed by atoms with Crippen molar-refractivity contribution in [3.8, 4) is 28.7 Å². The quantitative estimate of drug-likeness (QED) is 0.0387. The molecule has 0 saturated carbocycles. The first-order valence-electron chi connectivity index (χ1n) is 32.8. The van der Waals surface area contributed by atoms with Crippen LogP contribution in [0.3, 0.4) is 0 Å². The SMILES string of the molecule is COc1ccccc1N(C)S(=O)(=O)c1cc(-c2cnc(C(F)(F)F)cc2C#N)c(Cl)cc1OCCOCCOCCOCCOCCOCCOCCOCCOCCNC(=O)CN1CCN(CC(=O)OC(C)(C)C)CCN(CC(=O)OC(C)(C)C)CCN(CC(=O)OC(C)(C)C)CC1. The number of pyridine rings is 1. The fourth-order valence-electron chi connectivity index (χ4n) is 9.39. The number of methoxy groups -OCH3 is 1. The fourth-order valence-corrected chi connectivity index (χ4v) is 11.0. The first kappa shape index (κ1) is 85.3. The zero-order valence-corrected chi connectivity index (χ0v) is 60.7. The average Bonchev–Trinajstić information content (AvgIpc) is 0.761. The van der Waals surface area contributed by atoms with Crippen molar-refractivity contribution in [1.82, 2.24) is 29.9 Å². The maximum atomic E-state index is 14.3. The Hall–Kier alpha value is -6.09. The first-order chi connectivity index (χ1) is 46.8. The van der Waals surface area contributed by atoms with Gasteiger partial charge in [-0.25, -0.2) is 8.42 Å². The number of nitrogens with one attached hydrogen (secondary N) is 1. The van der Waals surface area contributed by atoms with Gasteiger partial charge in [-0.15, -0.1) is 0 Å². The molecule has 3 aromatic rings. The standard InChI is InChI=1S/C67H102ClF3N8O19S/c1-64(2,3)96-61(81)48-77-19-17-76(18-20-78(49-62(82)97-65(4,5)6)22-24-79(23-21-77)50-63(83)98-66(7,8)9)47-60(80)73-16-25-87-26-27-88-28-29-89-30-31-90-32-33-91-34-35-92-36-37-93-38-39-94-40-41-95-57-44-54(68)52(53-46-74-59(67(69,70)71)42-51(53)45-72)43-58(57)99(84,85)75(10)55-14-12-13-15-56(55)86-11/h12-15,42-44,46H,16-41,47-50H2,1-11H3,(H,73,80). The summed E-state index contributed by atoms with van der Waals surface area (Å²) in [6, 6.07) is 11.0. The molecule has 0 aliphatic carbocycles. The number of para-hydroxylation sites is 2. The Bertz CT molecular complexity index is 3050. The first-order valence-corrected chi connectivity index (χ1v) is 34.6. The van der Waals surface area contributed by atoms with Crippen LogP contribution in [0.5, 0.6) is 11.5 Å². The van der Waals surface area contributed by atoms with E-state index in [0.717, 1.165) is 16.6 Å². The van der Waals surface area contributed by atoms with Gasteiger partial charge in [0.25, 0.3) is 10.0 Å². The maximum absolute atomic E-state index is 14.3. The van der Waals surface area contributed by atoms with E-state index in [9.17, 15) is 46.0 Å². The van der Waals surface area contributed by atoms with Gasteiger partial charge in [0.05, 0.1) is 161 Å². The summed E-state index contributed by atoms with van der Waals surface area (Å²) in [7, 11) is -1.81. The highest BCUT2D eigenvalue weighted by molar-refractivity contribution is 7.93. The maximum Gasteiger partial charge on any atom is 0.433 e. The van der Waals surface area contributed by atoms with Crippen LogP contribution >= 0.6 is 11.6 Å². The molecule has 1 amide bonds. The lowest BCUT2D eigenvalue weighted by Gasteiger charge is -2.34. The number of halogens is 4. The van der Waals surface area contributed by atoms with Crippen LogP contribution in [-0.4, -0.2) is 285 Å². The summed E-state index contributed by atoms with van der Waals surface area (Å²) in [6.07, 6.45) is -4.02. The lowest BCUT2D eigenvalue weighted by molar-refractivity contribution is -0.158. The normalized spacial score (nSPS) is 14.6. The van der Waals surface area contributed by atoms with Gasteiger partial charge in [0.15, 0.2) is 0 Å². The van der Waals surface area contributed by atoms with Gasteiger partial charge in [-0.1, -0.05) is 23.7 Å². The van der Waals surface area contributed by atoms with E-state index in [1.165, 1.54) is 26.3 Å². The molecule has 0 radical (unpaired) electrons. The van der Waals surface area contributed by atoms with Crippen molar-refractivity contribution in [2.45, 2.75) is 90.2 Å². The minimum absolute atomic E-state index is 0.0122. The zero-order chi connectivity index (χ0) is 73.1. The predicted octanol–water partition coefficient (Wildman–Crippen LogP) is 6.00. The summed E-state index contributed by atoms with van der Waals surface area (Å²) in [5.41, 5.74) is -3.77. The summed E-state index contributed by atoms with van der Waals surface area (Å²) in [4.78, 5) is 63.4. The molecule has 0 atom stereocenters. The molecule has 2 heterocycles. The minimum Gasteiger partial charge on any atom is -0.495 e. The second kappa shape index (κ2) is 43.7. The molecule has 2 aromatic carbocycles. The lowest BCUT2D eigenvalue weighted by Crippen LogP contribution is -2.50. The molecule has 0 spiro atoms. The Balaban J connectivity index is 1.04. The number of benzene rings is 2. The average molecular weight is 1450 g/mol. The van der Waals surface area contributed by atoms with Crippen molar-refractivity contribution < 1.29 is 102 Å². The van der Waals surface area contributed by atoms with Crippen LogP contribution in [0.1, 0.15) is 73.6 Å². The summed E-state index contributed by atoms with van der Waals surface area (Å²) < 4.78 is 143. The van der Waals surface area contributed by atoms with E-state index in [4.69, 9.17) is 73.2 Å². The van der Waals surface area contributed by atoms with Crippen molar-refractivity contribution in [2.75, 3.05) is 216 Å². The molecule has 32 heteroatoms. The van der Waals surface area contributed by atoms with Gasteiger partial charge in [0.1, 0.15) is 45.5 Å². The molecule has 0 bridgehead atoms. The number of amides is 1. The van der Waals surface area contributed by atoms with E-state index >= 15 is 0 Å². The molecule has 1 aliphatic rings. The van der Waals surface area contributed by atoms with Crippen LogP contribution in [0, 0.1) is 11.3 Å². The number of nitriles is 1. The van der Waals surface area contributed by atoms with E-state index in [-0.39, 0.29) is 130 Å². The number of nitrogens with zero attached hydrogens (tertiary/aromatic N) is 7. The summed E-state index contributed by atoms with van der Waals surface area (Å²) >= 11 is 6.60. The smallest absolute Gasteiger partial charge is 0.433 e. The zero-order valence-electron chi connectivity index (χ0n) is 59.1. The number of ether oxygens (including phenoxy) is 13. The van der Waals surface area contributed by atoms with Crippen molar-refractivity contribution in [2.24, 2.45) is 0 Å². The lowest BCUT2D eigenvalue weighted by atomic mass is 10.0. The molecule has 1 fully saturated rings. The van der Waals surface area contributed by atoms with Crippen LogP contribution in [0.25, 0.3) is 11.1 Å². The van der Waals surface area contributed by atoms with E-state index in [1.807, 2.05) is 81.9 Å². The van der Waals surface area contributed by atoms with Gasteiger partial charge in [-0.3, -0.25) is 48.1 Å². The van der Waals surface area contributed by atoms with E-state index in [0.29, 0.717) is 131 Å². The Morgan fingerprint density at radius 1 is 0.556 bits per heavy atom. The molecule has 0 unspecified atom stereocenters. The monoisotopic (exact) mass is 1450 g/mol. The van der Waals surface area contributed by atoms with Crippen molar-refractivity contribution in [3.63, 3.8) is 0 Å². The number of esters is 3. The molecule has 1 N–H and O–H groups in total. The minimum atomic E-state index is -4.84. The van der Waals surface area contributed by atoms with Crippen LogP contribution in [0.15, 0.2) is 53.6 Å². The van der Waals surface area contributed by atoms with Gasteiger partial charge in [-0.2, -0.15) is 18.4 Å². The second-order valence-electron chi connectivity index (χ2n) is 25.6. The van der Waals surface area contributed by atoms with Crippen LogP contribution in [-0.2, 0) is 87.5 Å².